The van der Waals surface area contributed by atoms with E-state index in [9.17, 15) is 13.2 Å². The molecule has 0 bridgehead atoms. The van der Waals surface area contributed by atoms with Crippen LogP contribution in [0, 0.1) is 5.92 Å². The summed E-state index contributed by atoms with van der Waals surface area (Å²) in [5.41, 5.74) is 3.12. The SMILES string of the molecule is CCONC(=O)C1CCCN(S(=O)(=O)Cc2ccccc2)C1. The lowest BCUT2D eigenvalue weighted by molar-refractivity contribution is -0.138. The third-order valence-electron chi connectivity index (χ3n) is 3.66. The lowest BCUT2D eigenvalue weighted by atomic mass is 9.99. The van der Waals surface area contributed by atoms with Crippen LogP contribution >= 0.6 is 0 Å². The van der Waals surface area contributed by atoms with E-state index in [1.54, 1.807) is 19.1 Å². The number of nitrogens with zero attached hydrogens (tertiary/aromatic N) is 1. The van der Waals surface area contributed by atoms with E-state index in [-0.39, 0.29) is 24.1 Å². The molecule has 22 heavy (non-hydrogen) atoms. The van der Waals surface area contributed by atoms with Gasteiger partial charge in [-0.25, -0.2) is 18.2 Å². The van der Waals surface area contributed by atoms with Crippen LogP contribution in [-0.2, 0) is 25.4 Å². The predicted molar refractivity (Wildman–Crippen MR) is 83.1 cm³/mol. The molecule has 0 aliphatic carbocycles. The summed E-state index contributed by atoms with van der Waals surface area (Å²) in [6.07, 6.45) is 1.36. The molecule has 0 aromatic heterocycles. The number of carbonyl (C=O) groups excluding carboxylic acids is 1. The molecule has 122 valence electrons. The zero-order valence-corrected chi connectivity index (χ0v) is 13.5. The number of benzene rings is 1. The van der Waals surface area contributed by atoms with Gasteiger partial charge in [-0.15, -0.1) is 0 Å². The first kappa shape index (κ1) is 16.9. The Morgan fingerprint density at radius 1 is 1.36 bits per heavy atom. The number of amides is 1. The third-order valence-corrected chi connectivity index (χ3v) is 5.47. The van der Waals surface area contributed by atoms with Crippen LogP contribution in [0.4, 0.5) is 0 Å². The second kappa shape index (κ2) is 7.71. The van der Waals surface area contributed by atoms with Gasteiger partial charge in [0.1, 0.15) is 0 Å². The van der Waals surface area contributed by atoms with Crippen molar-refractivity contribution in [3.05, 3.63) is 35.9 Å². The van der Waals surface area contributed by atoms with Gasteiger partial charge in [0.25, 0.3) is 0 Å². The second-order valence-electron chi connectivity index (χ2n) is 5.34. The van der Waals surface area contributed by atoms with Gasteiger partial charge in [-0.05, 0) is 25.3 Å². The second-order valence-corrected chi connectivity index (χ2v) is 7.31. The van der Waals surface area contributed by atoms with Crippen molar-refractivity contribution in [3.63, 3.8) is 0 Å². The van der Waals surface area contributed by atoms with Gasteiger partial charge in [-0.2, -0.15) is 0 Å². The Morgan fingerprint density at radius 2 is 2.09 bits per heavy atom. The quantitative estimate of drug-likeness (QED) is 0.800. The maximum Gasteiger partial charge on any atom is 0.247 e. The van der Waals surface area contributed by atoms with Crippen molar-refractivity contribution in [2.45, 2.75) is 25.5 Å². The summed E-state index contributed by atoms with van der Waals surface area (Å²) in [4.78, 5) is 16.8. The molecule has 6 nitrogen and oxygen atoms in total. The van der Waals surface area contributed by atoms with Gasteiger partial charge in [0.2, 0.25) is 15.9 Å². The molecule has 1 saturated heterocycles. The average molecular weight is 326 g/mol. The Kier molecular flexibility index (Phi) is 5.93. The van der Waals surface area contributed by atoms with Crippen LogP contribution in [0.25, 0.3) is 0 Å². The Morgan fingerprint density at radius 3 is 2.77 bits per heavy atom. The molecule has 1 amide bonds. The van der Waals surface area contributed by atoms with Crippen molar-refractivity contribution in [1.82, 2.24) is 9.79 Å². The molecular formula is C15H22N2O4S. The molecule has 1 fully saturated rings. The maximum absolute atomic E-state index is 12.5. The summed E-state index contributed by atoms with van der Waals surface area (Å²) in [5, 5.41) is 0. The number of hydroxylamine groups is 1. The Labute approximate surface area is 131 Å². The molecule has 1 aromatic rings. The highest BCUT2D eigenvalue weighted by Gasteiger charge is 2.32. The van der Waals surface area contributed by atoms with Gasteiger partial charge in [0.05, 0.1) is 18.3 Å². The van der Waals surface area contributed by atoms with Gasteiger partial charge in [0.15, 0.2) is 0 Å². The minimum atomic E-state index is -3.41. The Bertz CT molecular complexity index is 589. The molecule has 1 heterocycles. The zero-order valence-electron chi connectivity index (χ0n) is 12.7. The zero-order chi connectivity index (χ0) is 16.0. The summed E-state index contributed by atoms with van der Waals surface area (Å²) < 4.78 is 26.4. The molecular weight excluding hydrogens is 304 g/mol. The largest absolute Gasteiger partial charge is 0.274 e. The monoisotopic (exact) mass is 326 g/mol. The fourth-order valence-corrected chi connectivity index (χ4v) is 4.12. The molecule has 1 aliphatic heterocycles. The molecule has 0 radical (unpaired) electrons. The summed E-state index contributed by atoms with van der Waals surface area (Å²) >= 11 is 0. The fraction of sp³-hybridized carbons (Fsp3) is 0.533. The molecule has 0 saturated carbocycles. The first-order valence-electron chi connectivity index (χ1n) is 7.46. The van der Waals surface area contributed by atoms with E-state index in [2.05, 4.69) is 5.48 Å². The van der Waals surface area contributed by atoms with E-state index in [1.807, 2.05) is 18.2 Å². The van der Waals surface area contributed by atoms with Crippen LogP contribution in [0.15, 0.2) is 30.3 Å². The van der Waals surface area contributed by atoms with Crippen molar-refractivity contribution in [1.29, 1.82) is 0 Å². The molecule has 2 rings (SSSR count). The molecule has 1 N–H and O–H groups in total. The van der Waals surface area contributed by atoms with Crippen LogP contribution in [0.3, 0.4) is 0 Å². The number of hydrogen-bond acceptors (Lipinski definition) is 4. The molecule has 1 unspecified atom stereocenters. The maximum atomic E-state index is 12.5. The van der Waals surface area contributed by atoms with E-state index < -0.39 is 10.0 Å². The summed E-state index contributed by atoms with van der Waals surface area (Å²) in [5.74, 6) is -0.638. The number of rotatable bonds is 6. The molecule has 1 aliphatic rings. The number of hydrogen-bond donors (Lipinski definition) is 1. The summed E-state index contributed by atoms with van der Waals surface area (Å²) in [7, 11) is -3.41. The van der Waals surface area contributed by atoms with Crippen LogP contribution in [-0.4, -0.2) is 38.3 Å². The van der Waals surface area contributed by atoms with Gasteiger partial charge in [-0.1, -0.05) is 30.3 Å². The standard InChI is InChI=1S/C15H22N2O4S/c1-2-21-16-15(18)14-9-6-10-17(11-14)22(19,20)12-13-7-4-3-5-8-13/h3-5,7-8,14H,2,6,9-12H2,1H3,(H,16,18). The molecule has 1 atom stereocenters. The topological polar surface area (TPSA) is 75.7 Å². The van der Waals surface area contributed by atoms with Crippen LogP contribution in [0.2, 0.25) is 0 Å². The van der Waals surface area contributed by atoms with E-state index in [0.29, 0.717) is 26.0 Å². The first-order valence-corrected chi connectivity index (χ1v) is 9.07. The van der Waals surface area contributed by atoms with Gasteiger partial charge in [-0.3, -0.25) is 9.63 Å². The highest BCUT2D eigenvalue weighted by Crippen LogP contribution is 2.21. The van der Waals surface area contributed by atoms with Crippen LogP contribution in [0.5, 0.6) is 0 Å². The van der Waals surface area contributed by atoms with Gasteiger partial charge >= 0.3 is 0 Å². The summed E-state index contributed by atoms with van der Waals surface area (Å²) in [6, 6.07) is 9.07. The predicted octanol–water partition coefficient (Wildman–Crippen LogP) is 1.30. The van der Waals surface area contributed by atoms with E-state index >= 15 is 0 Å². The van der Waals surface area contributed by atoms with E-state index in [0.717, 1.165) is 5.56 Å². The van der Waals surface area contributed by atoms with Crippen molar-refractivity contribution < 1.29 is 18.0 Å². The highest BCUT2D eigenvalue weighted by molar-refractivity contribution is 7.88. The first-order chi connectivity index (χ1) is 10.5. The van der Waals surface area contributed by atoms with Crippen LogP contribution < -0.4 is 5.48 Å². The van der Waals surface area contributed by atoms with Crippen LogP contribution in [0.1, 0.15) is 25.3 Å². The molecule has 0 spiro atoms. The Hall–Kier alpha value is -1.44. The lowest BCUT2D eigenvalue weighted by Gasteiger charge is -2.31. The highest BCUT2D eigenvalue weighted by atomic mass is 32.2. The fourth-order valence-electron chi connectivity index (χ4n) is 2.51. The number of piperidine rings is 1. The number of nitrogens with one attached hydrogen (secondary N) is 1. The molecule has 7 heteroatoms. The number of sulfonamides is 1. The smallest absolute Gasteiger partial charge is 0.247 e. The third kappa shape index (κ3) is 4.53. The van der Waals surface area contributed by atoms with Crippen molar-refractivity contribution >= 4 is 15.9 Å². The minimum absolute atomic E-state index is 0.0341. The van der Waals surface area contributed by atoms with Crippen molar-refractivity contribution in [2.75, 3.05) is 19.7 Å². The number of carbonyl (C=O) groups is 1. The van der Waals surface area contributed by atoms with E-state index in [4.69, 9.17) is 4.84 Å². The summed E-state index contributed by atoms with van der Waals surface area (Å²) in [6.45, 7) is 2.84. The van der Waals surface area contributed by atoms with Crippen molar-refractivity contribution in [3.8, 4) is 0 Å². The molecule has 1 aromatic carbocycles. The average Bonchev–Trinajstić information content (AvgIpc) is 2.53. The van der Waals surface area contributed by atoms with E-state index in [1.165, 1.54) is 4.31 Å². The van der Waals surface area contributed by atoms with Gasteiger partial charge < -0.3 is 0 Å². The normalized spacial score (nSPS) is 19.8. The lowest BCUT2D eigenvalue weighted by Crippen LogP contribution is -2.45. The Balaban J connectivity index is 2.00. The van der Waals surface area contributed by atoms with Gasteiger partial charge in [0, 0.05) is 13.1 Å². The minimum Gasteiger partial charge on any atom is -0.274 e. The van der Waals surface area contributed by atoms with Crippen molar-refractivity contribution in [2.24, 2.45) is 5.92 Å².